The number of nitrogens with two attached hydrogens (primary N) is 1. The first-order valence-corrected chi connectivity index (χ1v) is 11.9. The SMILES string of the molecule is CON=C(C(=O)NC1C(=O)N2C=C(C(=O)OC(C)OC(=O)OC(C)C)CS[C@H]12)c1csc(N)n1. The third-order valence-corrected chi connectivity index (χ3v) is 6.35. The Hall–Kier alpha value is -3.33. The second kappa shape index (κ2) is 10.7. The molecule has 3 rings (SSSR count). The second-order valence-electron chi connectivity index (χ2n) is 7.25. The maximum absolute atomic E-state index is 12.7. The molecule has 13 nitrogen and oxygen atoms in total. The molecule has 1 saturated heterocycles. The molecular weight excluding hydrogens is 490 g/mol. The van der Waals surface area contributed by atoms with Gasteiger partial charge >= 0.3 is 12.1 Å². The van der Waals surface area contributed by atoms with Gasteiger partial charge in [0.05, 0.1) is 11.7 Å². The zero-order valence-electron chi connectivity index (χ0n) is 18.7. The van der Waals surface area contributed by atoms with E-state index in [2.05, 4.69) is 15.5 Å². The summed E-state index contributed by atoms with van der Waals surface area (Å²) in [5.41, 5.74) is 5.92. The minimum absolute atomic E-state index is 0.118. The van der Waals surface area contributed by atoms with E-state index in [9.17, 15) is 19.2 Å². The minimum Gasteiger partial charge on any atom is -0.431 e. The molecule has 3 heterocycles. The lowest BCUT2D eigenvalue weighted by Crippen LogP contribution is -2.69. The van der Waals surface area contributed by atoms with E-state index in [-0.39, 0.29) is 34.0 Å². The molecule has 3 atom stereocenters. The first-order chi connectivity index (χ1) is 16.1. The van der Waals surface area contributed by atoms with Gasteiger partial charge in [-0.25, -0.2) is 14.6 Å². The van der Waals surface area contributed by atoms with Crippen LogP contribution in [0.4, 0.5) is 9.93 Å². The highest BCUT2D eigenvalue weighted by molar-refractivity contribution is 8.00. The van der Waals surface area contributed by atoms with Crippen molar-refractivity contribution >= 4 is 57.9 Å². The molecule has 0 bridgehead atoms. The fourth-order valence-electron chi connectivity index (χ4n) is 2.93. The average Bonchev–Trinajstić information content (AvgIpc) is 3.19. The fraction of sp³-hybridized carbons (Fsp3) is 0.474. The van der Waals surface area contributed by atoms with E-state index in [4.69, 9.17) is 24.8 Å². The summed E-state index contributed by atoms with van der Waals surface area (Å²) in [6.07, 6.45) is -1.17. The number of β-lactam (4-membered cyclic amide) rings is 1. The van der Waals surface area contributed by atoms with E-state index in [0.717, 1.165) is 11.3 Å². The van der Waals surface area contributed by atoms with E-state index >= 15 is 0 Å². The molecule has 2 amide bonds. The molecule has 0 radical (unpaired) electrons. The van der Waals surface area contributed by atoms with Crippen molar-refractivity contribution < 1.29 is 38.2 Å². The molecule has 15 heteroatoms. The van der Waals surface area contributed by atoms with Crippen molar-refractivity contribution in [1.29, 1.82) is 0 Å². The molecule has 1 fully saturated rings. The van der Waals surface area contributed by atoms with Gasteiger partial charge < -0.3 is 35.0 Å². The van der Waals surface area contributed by atoms with Gasteiger partial charge in [-0.3, -0.25) is 9.59 Å². The summed E-state index contributed by atoms with van der Waals surface area (Å²) in [4.78, 5) is 59.2. The topological polar surface area (TPSA) is 172 Å². The van der Waals surface area contributed by atoms with Crippen LogP contribution in [-0.2, 0) is 33.4 Å². The van der Waals surface area contributed by atoms with Crippen molar-refractivity contribution in [3.8, 4) is 0 Å². The van der Waals surface area contributed by atoms with Gasteiger partial charge in [-0.05, 0) is 13.8 Å². The maximum atomic E-state index is 12.7. The highest BCUT2D eigenvalue weighted by Gasteiger charge is 2.50. The van der Waals surface area contributed by atoms with Crippen LogP contribution in [0.15, 0.2) is 22.3 Å². The van der Waals surface area contributed by atoms with Gasteiger partial charge in [-0.2, -0.15) is 0 Å². The zero-order valence-corrected chi connectivity index (χ0v) is 20.3. The number of anilines is 1. The number of esters is 1. The predicted octanol–water partition coefficient (Wildman–Crippen LogP) is 0.810. The Balaban J connectivity index is 1.58. The molecule has 0 saturated carbocycles. The fourth-order valence-corrected chi connectivity index (χ4v) is 4.73. The average molecular weight is 514 g/mol. The number of aromatic nitrogens is 1. The number of hydrogen-bond donors (Lipinski definition) is 2. The van der Waals surface area contributed by atoms with Gasteiger partial charge in [0, 0.05) is 24.3 Å². The quantitative estimate of drug-likeness (QED) is 0.166. The van der Waals surface area contributed by atoms with Gasteiger partial charge in [-0.15, -0.1) is 23.1 Å². The van der Waals surface area contributed by atoms with E-state index in [1.165, 1.54) is 36.9 Å². The molecular formula is C19H23N5O8S2. The Bertz CT molecular complexity index is 1040. The number of nitrogens with one attached hydrogen (secondary N) is 1. The number of fused-ring (bicyclic) bond motifs is 1. The summed E-state index contributed by atoms with van der Waals surface area (Å²) >= 11 is 2.39. The lowest BCUT2D eigenvalue weighted by Gasteiger charge is -2.47. The van der Waals surface area contributed by atoms with E-state index < -0.39 is 41.6 Å². The molecule has 1 aromatic heterocycles. The number of carbonyl (C=O) groups is 4. The highest BCUT2D eigenvalue weighted by Crippen LogP contribution is 2.36. The lowest BCUT2D eigenvalue weighted by molar-refractivity contribution is -0.163. The molecule has 0 spiro atoms. The van der Waals surface area contributed by atoms with Crippen molar-refractivity contribution in [2.75, 3.05) is 18.6 Å². The molecule has 2 aliphatic rings. The Kier molecular flexibility index (Phi) is 7.98. The normalized spacial score (nSPS) is 20.5. The number of rotatable bonds is 8. The number of carbonyl (C=O) groups excluding carboxylic acids is 4. The molecule has 3 N–H and O–H groups in total. The number of hydrogen-bond acceptors (Lipinski definition) is 13. The van der Waals surface area contributed by atoms with Crippen molar-refractivity contribution in [3.05, 3.63) is 22.8 Å². The van der Waals surface area contributed by atoms with E-state index in [0.29, 0.717) is 0 Å². The number of nitrogens with zero attached hydrogens (tertiary/aromatic N) is 3. The van der Waals surface area contributed by atoms with Crippen molar-refractivity contribution in [1.82, 2.24) is 15.2 Å². The van der Waals surface area contributed by atoms with E-state index in [1.807, 2.05) is 0 Å². The van der Waals surface area contributed by atoms with Crippen LogP contribution in [0.25, 0.3) is 0 Å². The molecule has 34 heavy (non-hydrogen) atoms. The number of amides is 2. The number of thioether (sulfide) groups is 1. The molecule has 2 unspecified atom stereocenters. The standard InChI is InChI=1S/C19H23N5O8S2/c1-8(2)30-19(28)32-9(3)31-17(27)10-5-24-15(26)13(16(24)33-6-10)22-14(25)12(23-29-4)11-7-34-18(20)21-11/h5,7-9,13,16H,6H2,1-4H3,(H2,20,21)(H,22,25)/t9?,13?,16-/m1/s1. The van der Waals surface area contributed by atoms with Crippen LogP contribution in [0.5, 0.6) is 0 Å². The third kappa shape index (κ3) is 5.77. The summed E-state index contributed by atoms with van der Waals surface area (Å²) in [5, 5.41) is 7.68. The third-order valence-electron chi connectivity index (χ3n) is 4.36. The summed E-state index contributed by atoms with van der Waals surface area (Å²) in [5.74, 6) is -1.61. The van der Waals surface area contributed by atoms with Gasteiger partial charge in [-0.1, -0.05) is 5.16 Å². The molecule has 1 aromatic rings. The summed E-state index contributed by atoms with van der Waals surface area (Å²) < 4.78 is 14.8. The number of nitrogen functional groups attached to an aromatic ring is 1. The van der Waals surface area contributed by atoms with Crippen LogP contribution < -0.4 is 11.1 Å². The van der Waals surface area contributed by atoms with Gasteiger partial charge in [0.25, 0.3) is 11.8 Å². The largest absolute Gasteiger partial charge is 0.511 e. The van der Waals surface area contributed by atoms with Gasteiger partial charge in [0.15, 0.2) is 10.8 Å². The first kappa shape index (κ1) is 25.3. The van der Waals surface area contributed by atoms with Crippen molar-refractivity contribution in [2.45, 2.75) is 44.6 Å². The van der Waals surface area contributed by atoms with Crippen LogP contribution in [0.1, 0.15) is 26.5 Å². The number of oxime groups is 1. The van der Waals surface area contributed by atoms with Gasteiger partial charge in [0.2, 0.25) is 6.29 Å². The number of thiazole rings is 1. The van der Waals surface area contributed by atoms with Crippen molar-refractivity contribution in [2.24, 2.45) is 5.16 Å². The van der Waals surface area contributed by atoms with Crippen LogP contribution in [0, 0.1) is 0 Å². The van der Waals surface area contributed by atoms with Crippen LogP contribution in [-0.4, -0.2) is 76.2 Å². The Morgan fingerprint density at radius 2 is 2.00 bits per heavy atom. The van der Waals surface area contributed by atoms with E-state index in [1.54, 1.807) is 19.2 Å². The first-order valence-electron chi connectivity index (χ1n) is 9.96. The summed E-state index contributed by atoms with van der Waals surface area (Å²) in [7, 11) is 1.28. The maximum Gasteiger partial charge on any atom is 0.511 e. The smallest absolute Gasteiger partial charge is 0.431 e. The predicted molar refractivity (Wildman–Crippen MR) is 121 cm³/mol. The summed E-state index contributed by atoms with van der Waals surface area (Å²) in [6.45, 7) is 4.67. The molecule has 184 valence electrons. The lowest BCUT2D eigenvalue weighted by atomic mass is 10.1. The Morgan fingerprint density at radius 1 is 1.26 bits per heavy atom. The molecule has 0 aliphatic carbocycles. The monoisotopic (exact) mass is 513 g/mol. The molecule has 2 aliphatic heterocycles. The van der Waals surface area contributed by atoms with Crippen LogP contribution >= 0.6 is 23.1 Å². The van der Waals surface area contributed by atoms with Gasteiger partial charge in [0.1, 0.15) is 24.2 Å². The van der Waals surface area contributed by atoms with Crippen LogP contribution in [0.3, 0.4) is 0 Å². The Morgan fingerprint density at radius 3 is 2.62 bits per heavy atom. The Labute approximate surface area is 202 Å². The summed E-state index contributed by atoms with van der Waals surface area (Å²) in [6, 6.07) is -0.836. The second-order valence-corrected chi connectivity index (χ2v) is 9.25. The minimum atomic E-state index is -1.18. The molecule has 0 aromatic carbocycles. The highest BCUT2D eigenvalue weighted by atomic mass is 32.2. The number of ether oxygens (including phenoxy) is 3. The van der Waals surface area contributed by atoms with Crippen LogP contribution in [0.2, 0.25) is 0 Å². The zero-order chi connectivity index (χ0) is 25.0. The van der Waals surface area contributed by atoms with Crippen molar-refractivity contribution in [3.63, 3.8) is 0 Å².